The minimum absolute atomic E-state index is 0.221. The molecule has 122 valence electrons. The number of carbonyl (C=O) groups excluding carboxylic acids is 1. The van der Waals surface area contributed by atoms with Crippen molar-refractivity contribution in [3.63, 3.8) is 0 Å². The standard InChI is InChI=1S/C17H26N2O3/c20-17(7-13-21-14-16-4-3-12-22-16)19-10-5-15(6-11-19)18-8-1-2-9-18/h1-2,8-9,15-16H,3-7,10-14H2. The molecular weight excluding hydrogens is 280 g/mol. The molecule has 1 amide bonds. The molecule has 5 nitrogen and oxygen atoms in total. The number of rotatable bonds is 6. The van der Waals surface area contributed by atoms with Crippen LogP contribution in [-0.2, 0) is 14.3 Å². The highest BCUT2D eigenvalue weighted by molar-refractivity contribution is 5.76. The van der Waals surface area contributed by atoms with Gasteiger partial charge in [-0.25, -0.2) is 0 Å². The van der Waals surface area contributed by atoms with Crippen LogP contribution in [0.2, 0.25) is 0 Å². The van der Waals surface area contributed by atoms with Crippen LogP contribution >= 0.6 is 0 Å². The molecule has 1 unspecified atom stereocenters. The lowest BCUT2D eigenvalue weighted by atomic mass is 10.0. The zero-order chi connectivity index (χ0) is 15.2. The Hall–Kier alpha value is -1.33. The Morgan fingerprint density at radius 3 is 2.64 bits per heavy atom. The molecule has 5 heteroatoms. The van der Waals surface area contributed by atoms with E-state index in [4.69, 9.17) is 9.47 Å². The van der Waals surface area contributed by atoms with E-state index in [0.717, 1.165) is 45.4 Å². The van der Waals surface area contributed by atoms with E-state index >= 15 is 0 Å². The zero-order valence-corrected chi connectivity index (χ0v) is 13.2. The number of hydrogen-bond acceptors (Lipinski definition) is 3. The van der Waals surface area contributed by atoms with Crippen molar-refractivity contribution in [2.45, 2.75) is 44.2 Å². The first-order valence-electron chi connectivity index (χ1n) is 8.42. The average Bonchev–Trinajstić information content (AvgIpc) is 3.25. The molecule has 2 aliphatic rings. The molecule has 0 radical (unpaired) electrons. The van der Waals surface area contributed by atoms with Crippen LogP contribution in [0.4, 0.5) is 0 Å². The Morgan fingerprint density at radius 1 is 1.18 bits per heavy atom. The van der Waals surface area contributed by atoms with E-state index in [0.29, 0.717) is 25.7 Å². The number of amides is 1. The fourth-order valence-corrected chi connectivity index (χ4v) is 3.31. The summed E-state index contributed by atoms with van der Waals surface area (Å²) in [6, 6.07) is 4.65. The SMILES string of the molecule is O=C(CCOCC1CCCO1)N1CCC(n2cccc2)CC1. The molecule has 1 aromatic rings. The van der Waals surface area contributed by atoms with Crippen LogP contribution in [-0.4, -0.2) is 54.4 Å². The number of aromatic nitrogens is 1. The number of hydrogen-bond donors (Lipinski definition) is 0. The number of carbonyl (C=O) groups is 1. The highest BCUT2D eigenvalue weighted by atomic mass is 16.5. The Balaban J connectivity index is 1.31. The van der Waals surface area contributed by atoms with Crippen LogP contribution in [0.1, 0.15) is 38.1 Å². The van der Waals surface area contributed by atoms with Crippen molar-refractivity contribution in [1.29, 1.82) is 0 Å². The first-order valence-corrected chi connectivity index (χ1v) is 8.42. The second-order valence-electron chi connectivity index (χ2n) is 6.20. The van der Waals surface area contributed by atoms with E-state index in [-0.39, 0.29) is 12.0 Å². The summed E-state index contributed by atoms with van der Waals surface area (Å²) in [5.41, 5.74) is 0. The fourth-order valence-electron chi connectivity index (χ4n) is 3.31. The highest BCUT2D eigenvalue weighted by Crippen LogP contribution is 2.22. The van der Waals surface area contributed by atoms with Gasteiger partial charge in [-0.05, 0) is 37.8 Å². The van der Waals surface area contributed by atoms with E-state index in [1.807, 2.05) is 4.90 Å². The van der Waals surface area contributed by atoms with Crippen molar-refractivity contribution in [1.82, 2.24) is 9.47 Å². The van der Waals surface area contributed by atoms with Gasteiger partial charge >= 0.3 is 0 Å². The van der Waals surface area contributed by atoms with Crippen molar-refractivity contribution in [3.8, 4) is 0 Å². The minimum Gasteiger partial charge on any atom is -0.378 e. The van der Waals surface area contributed by atoms with Crippen LogP contribution in [0, 0.1) is 0 Å². The van der Waals surface area contributed by atoms with Gasteiger partial charge in [-0.15, -0.1) is 0 Å². The Morgan fingerprint density at radius 2 is 1.95 bits per heavy atom. The lowest BCUT2D eigenvalue weighted by molar-refractivity contribution is -0.133. The summed E-state index contributed by atoms with van der Waals surface area (Å²) in [4.78, 5) is 14.2. The molecule has 0 bridgehead atoms. The van der Waals surface area contributed by atoms with Gasteiger partial charge in [0, 0.05) is 38.1 Å². The fraction of sp³-hybridized carbons (Fsp3) is 0.706. The molecule has 0 aliphatic carbocycles. The smallest absolute Gasteiger partial charge is 0.224 e. The second-order valence-corrected chi connectivity index (χ2v) is 6.20. The lowest BCUT2D eigenvalue weighted by Gasteiger charge is -2.32. The molecule has 2 fully saturated rings. The van der Waals surface area contributed by atoms with Crippen LogP contribution in [0.5, 0.6) is 0 Å². The van der Waals surface area contributed by atoms with Crippen LogP contribution < -0.4 is 0 Å². The lowest BCUT2D eigenvalue weighted by Crippen LogP contribution is -2.39. The molecule has 0 aromatic carbocycles. The summed E-state index contributed by atoms with van der Waals surface area (Å²) in [5, 5.41) is 0. The van der Waals surface area contributed by atoms with Crippen LogP contribution in [0.3, 0.4) is 0 Å². The monoisotopic (exact) mass is 306 g/mol. The quantitative estimate of drug-likeness (QED) is 0.757. The molecule has 0 spiro atoms. The molecule has 1 atom stereocenters. The van der Waals surface area contributed by atoms with Crippen molar-refractivity contribution in [3.05, 3.63) is 24.5 Å². The molecule has 22 heavy (non-hydrogen) atoms. The number of piperidine rings is 1. The van der Waals surface area contributed by atoms with E-state index in [1.54, 1.807) is 0 Å². The van der Waals surface area contributed by atoms with Gasteiger partial charge in [0.25, 0.3) is 0 Å². The maximum atomic E-state index is 12.2. The van der Waals surface area contributed by atoms with Gasteiger partial charge in [0.2, 0.25) is 5.91 Å². The summed E-state index contributed by atoms with van der Waals surface area (Å²) >= 11 is 0. The summed E-state index contributed by atoms with van der Waals surface area (Å²) in [5.74, 6) is 0.221. The normalized spacial score (nSPS) is 23.1. The largest absolute Gasteiger partial charge is 0.378 e. The first kappa shape index (κ1) is 15.6. The molecule has 1 aromatic heterocycles. The maximum Gasteiger partial charge on any atom is 0.224 e. The summed E-state index contributed by atoms with van der Waals surface area (Å²) < 4.78 is 13.3. The third-order valence-corrected chi connectivity index (χ3v) is 4.65. The van der Waals surface area contributed by atoms with Gasteiger partial charge in [0.1, 0.15) is 0 Å². The maximum absolute atomic E-state index is 12.2. The molecule has 0 saturated carbocycles. The topological polar surface area (TPSA) is 43.7 Å². The van der Waals surface area contributed by atoms with E-state index in [2.05, 4.69) is 29.1 Å². The molecule has 3 heterocycles. The second kappa shape index (κ2) is 7.79. The Bertz CT molecular complexity index is 446. The van der Waals surface area contributed by atoms with Crippen molar-refractivity contribution in [2.24, 2.45) is 0 Å². The van der Waals surface area contributed by atoms with Gasteiger partial charge in [-0.1, -0.05) is 0 Å². The Kier molecular flexibility index (Phi) is 5.51. The Labute approximate surface area is 132 Å². The van der Waals surface area contributed by atoms with Gasteiger partial charge in [-0.2, -0.15) is 0 Å². The van der Waals surface area contributed by atoms with Gasteiger partial charge in [0.15, 0.2) is 0 Å². The van der Waals surface area contributed by atoms with Gasteiger partial charge in [-0.3, -0.25) is 4.79 Å². The average molecular weight is 306 g/mol. The predicted octanol–water partition coefficient (Wildman–Crippen LogP) is 2.24. The van der Waals surface area contributed by atoms with E-state index < -0.39 is 0 Å². The summed E-state index contributed by atoms with van der Waals surface area (Å²) in [6.45, 7) is 3.70. The van der Waals surface area contributed by atoms with Crippen LogP contribution in [0.15, 0.2) is 24.5 Å². The molecule has 2 saturated heterocycles. The summed E-state index contributed by atoms with van der Waals surface area (Å²) in [7, 11) is 0. The highest BCUT2D eigenvalue weighted by Gasteiger charge is 2.23. The summed E-state index contributed by atoms with van der Waals surface area (Å²) in [6.07, 6.45) is 9.24. The van der Waals surface area contributed by atoms with Crippen molar-refractivity contribution in [2.75, 3.05) is 32.9 Å². The van der Waals surface area contributed by atoms with Crippen LogP contribution in [0.25, 0.3) is 0 Å². The first-order chi connectivity index (χ1) is 10.8. The number of ether oxygens (including phenoxy) is 2. The van der Waals surface area contributed by atoms with E-state index in [9.17, 15) is 4.79 Å². The minimum atomic E-state index is 0.221. The molecule has 2 aliphatic heterocycles. The van der Waals surface area contributed by atoms with Gasteiger partial charge < -0.3 is 18.9 Å². The zero-order valence-electron chi connectivity index (χ0n) is 13.2. The third kappa shape index (κ3) is 4.11. The van der Waals surface area contributed by atoms with Gasteiger partial charge in [0.05, 0.1) is 25.7 Å². The third-order valence-electron chi connectivity index (χ3n) is 4.65. The molecule has 3 rings (SSSR count). The molecular formula is C17H26N2O3. The van der Waals surface area contributed by atoms with Crippen molar-refractivity contribution < 1.29 is 14.3 Å². The van der Waals surface area contributed by atoms with E-state index in [1.165, 1.54) is 0 Å². The predicted molar refractivity (Wildman–Crippen MR) is 83.7 cm³/mol. The van der Waals surface area contributed by atoms with Crippen molar-refractivity contribution >= 4 is 5.91 Å². The number of nitrogens with zero attached hydrogens (tertiary/aromatic N) is 2. The molecule has 0 N–H and O–H groups in total. The number of likely N-dealkylation sites (tertiary alicyclic amines) is 1.